The Labute approximate surface area is 118 Å². The van der Waals surface area contributed by atoms with E-state index in [0.29, 0.717) is 11.4 Å². The zero-order valence-corrected chi connectivity index (χ0v) is 11.5. The fourth-order valence-corrected chi connectivity index (χ4v) is 1.87. The van der Waals surface area contributed by atoms with Crippen LogP contribution in [0.5, 0.6) is 0 Å². The number of hydrogen-bond donors (Lipinski definition) is 4. The van der Waals surface area contributed by atoms with E-state index in [1.807, 2.05) is 36.4 Å². The van der Waals surface area contributed by atoms with Crippen LogP contribution in [0.4, 0.5) is 11.4 Å². The van der Waals surface area contributed by atoms with Gasteiger partial charge in [0.25, 0.3) is 0 Å². The number of nitrogens with two attached hydrogens (primary N) is 2. The lowest BCUT2D eigenvalue weighted by Gasteiger charge is -2.07. The van der Waals surface area contributed by atoms with Gasteiger partial charge >= 0.3 is 0 Å². The summed E-state index contributed by atoms with van der Waals surface area (Å²) < 4.78 is 0. The van der Waals surface area contributed by atoms with Gasteiger partial charge in [0.2, 0.25) is 0 Å². The predicted molar refractivity (Wildman–Crippen MR) is 82.5 cm³/mol. The molecule has 0 aromatic heterocycles. The zero-order chi connectivity index (χ0) is 11.7. The van der Waals surface area contributed by atoms with Crippen LogP contribution in [-0.2, 0) is 0 Å². The second-order valence-electron chi connectivity index (χ2n) is 3.55. The summed E-state index contributed by atoms with van der Waals surface area (Å²) in [5, 5.41) is 0. The van der Waals surface area contributed by atoms with Gasteiger partial charge < -0.3 is 11.5 Å². The van der Waals surface area contributed by atoms with Gasteiger partial charge in [0.1, 0.15) is 0 Å². The molecule has 5 heteroatoms. The van der Waals surface area contributed by atoms with Crippen molar-refractivity contribution in [3.8, 4) is 11.1 Å². The molecular formula is C12H13ClN2S2. The van der Waals surface area contributed by atoms with E-state index in [-0.39, 0.29) is 12.4 Å². The van der Waals surface area contributed by atoms with E-state index in [4.69, 9.17) is 11.5 Å². The maximum Gasteiger partial charge on any atom is 0.0450 e. The minimum Gasteiger partial charge on any atom is -0.398 e. The van der Waals surface area contributed by atoms with Crippen LogP contribution in [0.3, 0.4) is 0 Å². The van der Waals surface area contributed by atoms with Gasteiger partial charge in [0, 0.05) is 21.2 Å². The lowest BCUT2D eigenvalue weighted by molar-refractivity contribution is 1.43. The molecule has 0 bridgehead atoms. The van der Waals surface area contributed by atoms with Gasteiger partial charge in [-0.2, -0.15) is 0 Å². The average Bonchev–Trinajstić information content (AvgIpc) is 2.26. The van der Waals surface area contributed by atoms with E-state index in [1.54, 1.807) is 0 Å². The van der Waals surface area contributed by atoms with Gasteiger partial charge in [-0.1, -0.05) is 12.1 Å². The molecule has 0 amide bonds. The predicted octanol–water partition coefficient (Wildman–Crippen LogP) is 3.52. The summed E-state index contributed by atoms with van der Waals surface area (Å²) in [7, 11) is 0. The number of rotatable bonds is 1. The molecule has 0 aliphatic rings. The molecule has 2 aromatic carbocycles. The third-order valence-electron chi connectivity index (χ3n) is 2.39. The summed E-state index contributed by atoms with van der Waals surface area (Å²) in [6, 6.07) is 11.4. The van der Waals surface area contributed by atoms with Crippen molar-refractivity contribution in [3.63, 3.8) is 0 Å². The number of halogens is 1. The normalized spacial score (nSPS) is 9.76. The van der Waals surface area contributed by atoms with E-state index < -0.39 is 0 Å². The first kappa shape index (κ1) is 14.1. The molecule has 0 saturated heterocycles. The molecule has 0 unspecified atom stereocenters. The molecule has 0 aliphatic heterocycles. The lowest BCUT2D eigenvalue weighted by Crippen LogP contribution is -1.89. The van der Waals surface area contributed by atoms with E-state index in [9.17, 15) is 0 Å². The van der Waals surface area contributed by atoms with Crippen molar-refractivity contribution in [2.24, 2.45) is 0 Å². The Morgan fingerprint density at radius 3 is 1.35 bits per heavy atom. The molecular weight excluding hydrogens is 272 g/mol. The van der Waals surface area contributed by atoms with Crippen LogP contribution in [0.25, 0.3) is 11.1 Å². The third kappa shape index (κ3) is 3.03. The van der Waals surface area contributed by atoms with E-state index >= 15 is 0 Å². The Bertz CT molecular complexity index is 495. The minimum atomic E-state index is 0. The quantitative estimate of drug-likeness (QED) is 0.478. The summed E-state index contributed by atoms with van der Waals surface area (Å²) in [6.07, 6.45) is 0. The molecule has 2 aromatic rings. The number of anilines is 2. The first-order chi connectivity index (χ1) is 7.58. The van der Waals surface area contributed by atoms with Crippen LogP contribution in [0.1, 0.15) is 0 Å². The molecule has 17 heavy (non-hydrogen) atoms. The fraction of sp³-hybridized carbons (Fsp3) is 0. The van der Waals surface area contributed by atoms with Gasteiger partial charge in [-0.15, -0.1) is 37.7 Å². The largest absolute Gasteiger partial charge is 0.398 e. The fourth-order valence-electron chi connectivity index (χ4n) is 1.45. The highest BCUT2D eigenvalue weighted by Crippen LogP contribution is 2.29. The van der Waals surface area contributed by atoms with E-state index in [1.165, 1.54) is 0 Å². The summed E-state index contributed by atoms with van der Waals surface area (Å²) in [6.45, 7) is 0. The van der Waals surface area contributed by atoms with Crippen molar-refractivity contribution in [1.29, 1.82) is 0 Å². The Hall–Kier alpha value is -0.970. The van der Waals surface area contributed by atoms with Gasteiger partial charge in [-0.3, -0.25) is 0 Å². The molecule has 0 atom stereocenters. The van der Waals surface area contributed by atoms with Crippen molar-refractivity contribution in [2.75, 3.05) is 11.5 Å². The summed E-state index contributed by atoms with van der Waals surface area (Å²) in [4.78, 5) is 1.55. The average molecular weight is 285 g/mol. The van der Waals surface area contributed by atoms with Crippen molar-refractivity contribution in [2.45, 2.75) is 9.79 Å². The van der Waals surface area contributed by atoms with Crippen LogP contribution in [0, 0.1) is 0 Å². The molecule has 0 spiro atoms. The number of benzene rings is 2. The lowest BCUT2D eigenvalue weighted by atomic mass is 10.1. The number of thiol groups is 2. The maximum absolute atomic E-state index is 5.71. The summed E-state index contributed by atoms with van der Waals surface area (Å²) in [5.74, 6) is 0. The number of nitrogen functional groups attached to an aromatic ring is 2. The van der Waals surface area contributed by atoms with Gasteiger partial charge in [-0.25, -0.2) is 0 Å². The second kappa shape index (κ2) is 5.58. The molecule has 2 rings (SSSR count). The van der Waals surface area contributed by atoms with Crippen LogP contribution >= 0.6 is 37.7 Å². The first-order valence-corrected chi connectivity index (χ1v) is 5.65. The van der Waals surface area contributed by atoms with Gasteiger partial charge in [0.05, 0.1) is 0 Å². The zero-order valence-electron chi connectivity index (χ0n) is 8.92. The van der Waals surface area contributed by atoms with E-state index in [0.717, 1.165) is 20.9 Å². The Morgan fingerprint density at radius 1 is 0.706 bits per heavy atom. The first-order valence-electron chi connectivity index (χ1n) is 4.75. The van der Waals surface area contributed by atoms with Crippen molar-refractivity contribution < 1.29 is 0 Å². The topological polar surface area (TPSA) is 52.0 Å². The Morgan fingerprint density at radius 2 is 1.06 bits per heavy atom. The van der Waals surface area contributed by atoms with Crippen LogP contribution in [-0.4, -0.2) is 0 Å². The molecule has 0 saturated carbocycles. The summed E-state index contributed by atoms with van der Waals surface area (Å²) >= 11 is 8.59. The highest BCUT2D eigenvalue weighted by molar-refractivity contribution is 7.80. The van der Waals surface area contributed by atoms with Crippen molar-refractivity contribution in [3.05, 3.63) is 36.4 Å². The highest BCUT2D eigenvalue weighted by Gasteiger charge is 2.02. The van der Waals surface area contributed by atoms with Gasteiger partial charge in [-0.05, 0) is 35.4 Å². The third-order valence-corrected chi connectivity index (χ3v) is 3.17. The molecule has 0 fully saturated rings. The monoisotopic (exact) mass is 284 g/mol. The van der Waals surface area contributed by atoms with Gasteiger partial charge in [0.15, 0.2) is 0 Å². The van der Waals surface area contributed by atoms with Crippen molar-refractivity contribution in [1.82, 2.24) is 0 Å². The maximum atomic E-state index is 5.71. The summed E-state index contributed by atoms with van der Waals surface area (Å²) in [5.41, 5.74) is 14.9. The molecule has 0 aliphatic carbocycles. The Kier molecular flexibility index (Phi) is 4.62. The minimum absolute atomic E-state index is 0. The molecule has 2 nitrogen and oxygen atoms in total. The molecule has 0 heterocycles. The van der Waals surface area contributed by atoms with Crippen molar-refractivity contribution >= 4 is 49.0 Å². The molecule has 90 valence electrons. The second-order valence-corrected chi connectivity index (χ2v) is 4.51. The SMILES string of the molecule is Cl.Nc1ccc(-c2ccc(N)c(S)c2)cc1S. The van der Waals surface area contributed by atoms with Crippen LogP contribution in [0.2, 0.25) is 0 Å². The highest BCUT2D eigenvalue weighted by atomic mass is 35.5. The van der Waals surface area contributed by atoms with E-state index in [2.05, 4.69) is 25.3 Å². The van der Waals surface area contributed by atoms with Crippen LogP contribution < -0.4 is 11.5 Å². The van der Waals surface area contributed by atoms with Crippen LogP contribution in [0.15, 0.2) is 46.2 Å². The molecule has 4 N–H and O–H groups in total. The Balaban J connectivity index is 0.00000144. The molecule has 0 radical (unpaired) electrons. The smallest absolute Gasteiger partial charge is 0.0450 e. The number of hydrogen-bond acceptors (Lipinski definition) is 4. The standard InChI is InChI=1S/C12H12N2S2.ClH/c13-9-3-1-7(5-11(9)15)8-2-4-10(14)12(16)6-8;/h1-6,15-16H,13-14H2;1H.